The molecular formula is C15H21BrO2. The van der Waals surface area contributed by atoms with Gasteiger partial charge in [-0.3, -0.25) is 0 Å². The van der Waals surface area contributed by atoms with Crippen LogP contribution in [0.3, 0.4) is 0 Å². The molecule has 100 valence electrons. The average molecular weight is 313 g/mol. The molecule has 1 aliphatic rings. The SMILES string of the molecule is COc1c(C(C)(C)C)cc2c(c1Br)C(O)C(C)C2. The summed E-state index contributed by atoms with van der Waals surface area (Å²) >= 11 is 3.62. The topological polar surface area (TPSA) is 29.5 Å². The highest BCUT2D eigenvalue weighted by Gasteiger charge is 2.34. The zero-order chi connectivity index (χ0) is 13.7. The van der Waals surface area contributed by atoms with Crippen molar-refractivity contribution in [3.05, 3.63) is 27.2 Å². The molecule has 1 N–H and O–H groups in total. The van der Waals surface area contributed by atoms with Gasteiger partial charge in [0.05, 0.1) is 17.7 Å². The Bertz CT molecular complexity index is 474. The van der Waals surface area contributed by atoms with Gasteiger partial charge in [0.1, 0.15) is 5.75 Å². The van der Waals surface area contributed by atoms with Crippen LogP contribution >= 0.6 is 15.9 Å². The Kier molecular flexibility index (Phi) is 3.50. The van der Waals surface area contributed by atoms with Crippen molar-refractivity contribution < 1.29 is 9.84 Å². The molecule has 3 heteroatoms. The van der Waals surface area contributed by atoms with E-state index in [0.717, 1.165) is 22.2 Å². The van der Waals surface area contributed by atoms with E-state index in [1.165, 1.54) is 11.1 Å². The molecular weight excluding hydrogens is 292 g/mol. The molecule has 0 fully saturated rings. The van der Waals surface area contributed by atoms with Crippen molar-refractivity contribution in [2.24, 2.45) is 5.92 Å². The van der Waals surface area contributed by atoms with Crippen molar-refractivity contribution in [3.8, 4) is 5.75 Å². The first-order valence-corrected chi connectivity index (χ1v) is 7.14. The van der Waals surface area contributed by atoms with E-state index in [4.69, 9.17) is 4.74 Å². The number of hydrogen-bond donors (Lipinski definition) is 1. The van der Waals surface area contributed by atoms with Crippen LogP contribution in [-0.4, -0.2) is 12.2 Å². The Morgan fingerprint density at radius 2 is 2.00 bits per heavy atom. The molecule has 1 aromatic rings. The van der Waals surface area contributed by atoms with E-state index in [1.807, 2.05) is 0 Å². The lowest BCUT2D eigenvalue weighted by Gasteiger charge is -2.25. The first kappa shape index (κ1) is 13.9. The third-order valence-corrected chi connectivity index (χ3v) is 4.52. The number of ether oxygens (including phenoxy) is 1. The fourth-order valence-corrected chi connectivity index (χ4v) is 3.55. The maximum Gasteiger partial charge on any atom is 0.137 e. The molecule has 2 atom stereocenters. The van der Waals surface area contributed by atoms with Crippen molar-refractivity contribution in [1.82, 2.24) is 0 Å². The molecule has 1 aliphatic carbocycles. The molecule has 0 heterocycles. The smallest absolute Gasteiger partial charge is 0.137 e. The van der Waals surface area contributed by atoms with Gasteiger partial charge in [-0.2, -0.15) is 0 Å². The van der Waals surface area contributed by atoms with Gasteiger partial charge in [0.2, 0.25) is 0 Å². The standard InChI is InChI=1S/C15H21BrO2/c1-8-6-9-7-10(15(2,3)4)14(18-5)12(16)11(9)13(8)17/h7-8,13,17H,6H2,1-5H3. The molecule has 1 aromatic carbocycles. The number of aliphatic hydroxyl groups is 1. The minimum Gasteiger partial charge on any atom is -0.495 e. The molecule has 2 rings (SSSR count). The molecule has 0 amide bonds. The summed E-state index contributed by atoms with van der Waals surface area (Å²) in [6, 6.07) is 2.20. The second kappa shape index (κ2) is 4.53. The van der Waals surface area contributed by atoms with Gasteiger partial charge < -0.3 is 9.84 Å². The van der Waals surface area contributed by atoms with Crippen LogP contribution in [-0.2, 0) is 11.8 Å². The fraction of sp³-hybridized carbons (Fsp3) is 0.600. The first-order valence-electron chi connectivity index (χ1n) is 6.35. The highest BCUT2D eigenvalue weighted by Crippen LogP contribution is 2.48. The van der Waals surface area contributed by atoms with Gasteiger partial charge >= 0.3 is 0 Å². The summed E-state index contributed by atoms with van der Waals surface area (Å²) in [6.45, 7) is 8.62. The van der Waals surface area contributed by atoms with Gasteiger partial charge in [0.15, 0.2) is 0 Å². The van der Waals surface area contributed by atoms with Crippen molar-refractivity contribution in [2.45, 2.75) is 45.6 Å². The molecule has 2 unspecified atom stereocenters. The zero-order valence-corrected chi connectivity index (χ0v) is 13.3. The van der Waals surface area contributed by atoms with E-state index >= 15 is 0 Å². The Morgan fingerprint density at radius 1 is 1.39 bits per heavy atom. The molecule has 0 bridgehead atoms. The largest absolute Gasteiger partial charge is 0.495 e. The highest BCUT2D eigenvalue weighted by atomic mass is 79.9. The van der Waals surface area contributed by atoms with Crippen molar-refractivity contribution in [3.63, 3.8) is 0 Å². The van der Waals surface area contributed by atoms with Crippen LogP contribution in [0.25, 0.3) is 0 Å². The maximum atomic E-state index is 10.3. The van der Waals surface area contributed by atoms with Crippen LogP contribution in [0, 0.1) is 5.92 Å². The fourth-order valence-electron chi connectivity index (χ4n) is 2.69. The van der Waals surface area contributed by atoms with E-state index < -0.39 is 6.10 Å². The van der Waals surface area contributed by atoms with Crippen LogP contribution in [0.5, 0.6) is 5.75 Å². The molecule has 0 radical (unpaired) electrons. The van der Waals surface area contributed by atoms with E-state index in [0.29, 0.717) is 0 Å². The predicted octanol–water partition coefficient (Wildman–Crippen LogP) is 3.98. The second-order valence-corrected chi connectivity index (χ2v) is 7.01. The van der Waals surface area contributed by atoms with Gasteiger partial charge in [-0.05, 0) is 39.2 Å². The minimum atomic E-state index is -0.391. The number of fused-ring (bicyclic) bond motifs is 1. The Balaban J connectivity index is 2.68. The van der Waals surface area contributed by atoms with Crippen LogP contribution < -0.4 is 4.74 Å². The average Bonchev–Trinajstić information content (AvgIpc) is 2.53. The lowest BCUT2D eigenvalue weighted by atomic mass is 9.84. The molecule has 0 saturated heterocycles. The number of rotatable bonds is 1. The van der Waals surface area contributed by atoms with Crippen molar-refractivity contribution in [2.75, 3.05) is 7.11 Å². The Morgan fingerprint density at radius 3 is 2.50 bits per heavy atom. The molecule has 18 heavy (non-hydrogen) atoms. The summed E-state index contributed by atoms with van der Waals surface area (Å²) in [5, 5.41) is 10.3. The molecule has 0 aromatic heterocycles. The molecule has 0 saturated carbocycles. The van der Waals surface area contributed by atoms with E-state index in [9.17, 15) is 5.11 Å². The lowest BCUT2D eigenvalue weighted by molar-refractivity contribution is 0.132. The second-order valence-electron chi connectivity index (χ2n) is 6.22. The molecule has 0 aliphatic heterocycles. The van der Waals surface area contributed by atoms with E-state index in [1.54, 1.807) is 7.11 Å². The third kappa shape index (κ3) is 2.08. The molecule has 0 spiro atoms. The normalized spacial score (nSPS) is 23.1. The summed E-state index contributed by atoms with van der Waals surface area (Å²) in [6.07, 6.45) is 0.541. The summed E-state index contributed by atoms with van der Waals surface area (Å²) < 4.78 is 6.47. The summed E-state index contributed by atoms with van der Waals surface area (Å²) in [4.78, 5) is 0. The molecule has 2 nitrogen and oxygen atoms in total. The zero-order valence-electron chi connectivity index (χ0n) is 11.7. The van der Waals surface area contributed by atoms with Gasteiger partial charge in [-0.25, -0.2) is 0 Å². The lowest BCUT2D eigenvalue weighted by Crippen LogP contribution is -2.14. The highest BCUT2D eigenvalue weighted by molar-refractivity contribution is 9.10. The third-order valence-electron chi connectivity index (χ3n) is 3.73. The number of methoxy groups -OCH3 is 1. The van der Waals surface area contributed by atoms with E-state index in [2.05, 4.69) is 49.7 Å². The summed E-state index contributed by atoms with van der Waals surface area (Å²) in [5.74, 6) is 1.13. The number of benzene rings is 1. The van der Waals surface area contributed by atoms with Gasteiger partial charge in [-0.1, -0.05) is 33.8 Å². The Labute approximate surface area is 117 Å². The number of halogens is 1. The van der Waals surface area contributed by atoms with Crippen LogP contribution in [0.4, 0.5) is 0 Å². The minimum absolute atomic E-state index is 0.0275. The van der Waals surface area contributed by atoms with Gasteiger partial charge in [0.25, 0.3) is 0 Å². The Hall–Kier alpha value is -0.540. The van der Waals surface area contributed by atoms with Crippen molar-refractivity contribution >= 4 is 15.9 Å². The predicted molar refractivity (Wildman–Crippen MR) is 77.2 cm³/mol. The van der Waals surface area contributed by atoms with Gasteiger partial charge in [0, 0.05) is 11.1 Å². The van der Waals surface area contributed by atoms with Crippen LogP contribution in [0.1, 0.15) is 50.5 Å². The summed E-state index contributed by atoms with van der Waals surface area (Å²) in [5.41, 5.74) is 3.47. The first-order chi connectivity index (χ1) is 8.27. The number of aliphatic hydroxyl groups excluding tert-OH is 1. The van der Waals surface area contributed by atoms with E-state index in [-0.39, 0.29) is 11.3 Å². The maximum absolute atomic E-state index is 10.3. The summed E-state index contributed by atoms with van der Waals surface area (Å²) in [7, 11) is 1.69. The van der Waals surface area contributed by atoms with Crippen LogP contribution in [0.2, 0.25) is 0 Å². The number of hydrogen-bond acceptors (Lipinski definition) is 2. The van der Waals surface area contributed by atoms with Crippen molar-refractivity contribution in [1.29, 1.82) is 0 Å². The van der Waals surface area contributed by atoms with Gasteiger partial charge in [-0.15, -0.1) is 0 Å². The van der Waals surface area contributed by atoms with Crippen LogP contribution in [0.15, 0.2) is 10.5 Å². The quantitative estimate of drug-likeness (QED) is 0.850. The monoisotopic (exact) mass is 312 g/mol.